The Kier molecular flexibility index (Phi) is 4.36. The molecule has 2 aromatic rings. The van der Waals surface area contributed by atoms with Crippen LogP contribution in [0.25, 0.3) is 5.65 Å². The van der Waals surface area contributed by atoms with Gasteiger partial charge in [-0.1, -0.05) is 0 Å². The molecule has 3 aliphatic heterocycles. The largest absolute Gasteiger partial charge is 0.361 e. The molecule has 13 heteroatoms. The lowest BCUT2D eigenvalue weighted by Crippen LogP contribution is -2.65. The van der Waals surface area contributed by atoms with Gasteiger partial charge in [-0.25, -0.2) is 31.9 Å². The van der Waals surface area contributed by atoms with E-state index in [2.05, 4.69) is 20.7 Å². The van der Waals surface area contributed by atoms with Crippen LogP contribution in [0.4, 0.5) is 28.0 Å². The van der Waals surface area contributed by atoms with E-state index in [-0.39, 0.29) is 26.2 Å². The van der Waals surface area contributed by atoms with Crippen molar-refractivity contribution in [3.8, 4) is 0 Å². The van der Waals surface area contributed by atoms with Crippen LogP contribution in [0, 0.1) is 5.41 Å². The number of imidazole rings is 1. The molecule has 5 rings (SSSR count). The number of nitrogens with one attached hydrogen (secondary N) is 2. The van der Waals surface area contributed by atoms with E-state index in [1.54, 1.807) is 6.20 Å². The summed E-state index contributed by atoms with van der Waals surface area (Å²) < 4.78 is 56.6. The van der Waals surface area contributed by atoms with Gasteiger partial charge in [0, 0.05) is 38.6 Å². The Morgan fingerprint density at radius 2 is 1.97 bits per heavy atom. The summed E-state index contributed by atoms with van der Waals surface area (Å²) in [6, 6.07) is 0.930. The topological polar surface area (TPSA) is 94.9 Å². The Labute approximate surface area is 173 Å². The van der Waals surface area contributed by atoms with Gasteiger partial charge in [-0.05, 0) is 6.07 Å². The monoisotopic (exact) mass is 441 g/mol. The van der Waals surface area contributed by atoms with E-state index in [0.29, 0.717) is 17.0 Å². The second-order valence-electron chi connectivity index (χ2n) is 8.30. The predicted molar refractivity (Wildman–Crippen MR) is 99.3 cm³/mol. The molecule has 1 unspecified atom stereocenters. The third-order valence-electron chi connectivity index (χ3n) is 6.18. The van der Waals surface area contributed by atoms with Crippen molar-refractivity contribution in [2.24, 2.45) is 5.41 Å². The first kappa shape index (κ1) is 20.0. The van der Waals surface area contributed by atoms with Crippen LogP contribution in [0.5, 0.6) is 0 Å². The van der Waals surface area contributed by atoms with Crippen LogP contribution in [-0.2, 0) is 4.79 Å². The smallest absolute Gasteiger partial charge is 0.321 e. The minimum Gasteiger partial charge on any atom is -0.361 e. The SMILES string of the molecule is O=C1NCC(c2cc(N3CC(F)(F)C4(CN(CC(F)F)C4)C3)c3nccn3n2)C(=O)N1. The number of carbonyl (C=O) groups excluding carboxylic acids is 2. The zero-order chi connectivity index (χ0) is 22.0. The summed E-state index contributed by atoms with van der Waals surface area (Å²) in [5, 5.41) is 9.04. The van der Waals surface area contributed by atoms with Crippen LogP contribution in [0.3, 0.4) is 0 Å². The molecular formula is C18H19F4N7O2. The Morgan fingerprint density at radius 1 is 1.19 bits per heavy atom. The highest BCUT2D eigenvalue weighted by Crippen LogP contribution is 2.51. The molecule has 0 aromatic carbocycles. The average Bonchev–Trinajstić information content (AvgIpc) is 3.22. The minimum atomic E-state index is -3.07. The lowest BCUT2D eigenvalue weighted by atomic mass is 9.76. The normalized spacial score (nSPS) is 25.2. The van der Waals surface area contributed by atoms with Gasteiger partial charge in [0.05, 0.1) is 35.8 Å². The average molecular weight is 441 g/mol. The Morgan fingerprint density at radius 3 is 2.68 bits per heavy atom. The summed E-state index contributed by atoms with van der Waals surface area (Å²) in [6.45, 7) is -1.33. The minimum absolute atomic E-state index is 0.0278. The fourth-order valence-electron chi connectivity index (χ4n) is 4.67. The van der Waals surface area contributed by atoms with Gasteiger partial charge >= 0.3 is 6.03 Å². The molecule has 2 N–H and O–H groups in total. The van der Waals surface area contributed by atoms with Crippen molar-refractivity contribution in [1.82, 2.24) is 30.1 Å². The Hall–Kier alpha value is -2.96. The number of aromatic nitrogens is 3. The summed E-state index contributed by atoms with van der Waals surface area (Å²) >= 11 is 0. The lowest BCUT2D eigenvalue weighted by Gasteiger charge is -2.50. The number of urea groups is 1. The fourth-order valence-corrected chi connectivity index (χ4v) is 4.67. The standard InChI is InChI=1S/C18H19F4N7O2/c19-13(20)5-27-6-17(7-27)8-28(9-18(17,21)22)12-3-11(26-29-2-1-23-14(12)29)10-4-24-16(31)25-15(10)30/h1-3,10,13H,4-9H2,(H2,24,25,30,31). The lowest BCUT2D eigenvalue weighted by molar-refractivity contribution is -0.163. The zero-order valence-electron chi connectivity index (χ0n) is 16.2. The second-order valence-corrected chi connectivity index (χ2v) is 8.30. The van der Waals surface area contributed by atoms with Crippen molar-refractivity contribution >= 4 is 23.3 Å². The number of imide groups is 1. The van der Waals surface area contributed by atoms with Crippen LogP contribution in [0.1, 0.15) is 11.6 Å². The first-order valence-corrected chi connectivity index (χ1v) is 9.74. The molecule has 31 heavy (non-hydrogen) atoms. The van der Waals surface area contributed by atoms with Crippen molar-refractivity contribution in [2.75, 3.05) is 44.2 Å². The van der Waals surface area contributed by atoms with Gasteiger partial charge in [0.2, 0.25) is 5.91 Å². The van der Waals surface area contributed by atoms with Crippen molar-refractivity contribution in [1.29, 1.82) is 0 Å². The number of rotatable bonds is 4. The van der Waals surface area contributed by atoms with Gasteiger partial charge in [0.15, 0.2) is 5.65 Å². The van der Waals surface area contributed by atoms with Crippen LogP contribution >= 0.6 is 0 Å². The van der Waals surface area contributed by atoms with Gasteiger partial charge in [0.25, 0.3) is 12.3 Å². The van der Waals surface area contributed by atoms with Crippen LogP contribution in [0.2, 0.25) is 0 Å². The van der Waals surface area contributed by atoms with Gasteiger partial charge in [-0.3, -0.25) is 15.0 Å². The van der Waals surface area contributed by atoms with Gasteiger partial charge in [0.1, 0.15) is 0 Å². The molecule has 2 aromatic heterocycles. The first-order chi connectivity index (χ1) is 14.7. The van der Waals surface area contributed by atoms with Crippen LogP contribution in [0.15, 0.2) is 18.5 Å². The molecule has 3 saturated heterocycles. The number of hydrogen-bond donors (Lipinski definition) is 2. The number of alkyl halides is 4. The molecule has 3 amide bonds. The number of likely N-dealkylation sites (tertiary alicyclic amines) is 1. The molecule has 0 radical (unpaired) electrons. The number of hydrogen-bond acceptors (Lipinski definition) is 6. The van der Waals surface area contributed by atoms with Crippen molar-refractivity contribution in [3.05, 3.63) is 24.2 Å². The highest BCUT2D eigenvalue weighted by molar-refractivity contribution is 6.00. The molecule has 3 fully saturated rings. The summed E-state index contributed by atoms with van der Waals surface area (Å²) in [5.74, 6) is -4.40. The van der Waals surface area contributed by atoms with Crippen molar-refractivity contribution in [2.45, 2.75) is 18.3 Å². The van der Waals surface area contributed by atoms with Crippen molar-refractivity contribution < 1.29 is 27.2 Å². The van der Waals surface area contributed by atoms with E-state index in [9.17, 15) is 27.2 Å². The summed E-state index contributed by atoms with van der Waals surface area (Å²) in [6.07, 6.45) is 0.438. The van der Waals surface area contributed by atoms with E-state index < -0.39 is 48.7 Å². The molecule has 5 heterocycles. The number of fused-ring (bicyclic) bond motifs is 1. The van der Waals surface area contributed by atoms with Gasteiger partial charge in [-0.2, -0.15) is 5.10 Å². The number of nitrogens with zero attached hydrogens (tertiary/aromatic N) is 5. The van der Waals surface area contributed by atoms with E-state index in [0.717, 1.165) is 0 Å². The third-order valence-corrected chi connectivity index (χ3v) is 6.18. The summed E-state index contributed by atoms with van der Waals surface area (Å²) in [5.41, 5.74) is -0.384. The number of halogens is 4. The molecule has 1 atom stereocenters. The van der Waals surface area contributed by atoms with Crippen LogP contribution in [-0.4, -0.2) is 83.1 Å². The first-order valence-electron chi connectivity index (χ1n) is 9.74. The highest BCUT2D eigenvalue weighted by atomic mass is 19.3. The fraction of sp³-hybridized carbons (Fsp3) is 0.556. The maximum Gasteiger partial charge on any atom is 0.321 e. The molecule has 166 valence electrons. The molecule has 1 spiro atoms. The van der Waals surface area contributed by atoms with E-state index in [1.807, 2.05) is 0 Å². The zero-order valence-corrected chi connectivity index (χ0v) is 16.2. The Bertz CT molecular complexity index is 1050. The number of amides is 3. The van der Waals surface area contributed by atoms with E-state index >= 15 is 0 Å². The maximum atomic E-state index is 15.0. The Balaban J connectivity index is 1.46. The summed E-state index contributed by atoms with van der Waals surface area (Å²) in [4.78, 5) is 30.6. The number of carbonyl (C=O) groups is 2. The second kappa shape index (κ2) is 6.77. The molecule has 0 saturated carbocycles. The molecular weight excluding hydrogens is 422 g/mol. The quantitative estimate of drug-likeness (QED) is 0.678. The third kappa shape index (κ3) is 3.18. The van der Waals surface area contributed by atoms with Gasteiger partial charge < -0.3 is 10.2 Å². The highest BCUT2D eigenvalue weighted by Gasteiger charge is 2.65. The van der Waals surface area contributed by atoms with E-state index in [1.165, 1.54) is 26.6 Å². The predicted octanol–water partition coefficient (Wildman–Crippen LogP) is 0.675. The number of anilines is 1. The van der Waals surface area contributed by atoms with Crippen molar-refractivity contribution in [3.63, 3.8) is 0 Å². The summed E-state index contributed by atoms with van der Waals surface area (Å²) in [7, 11) is 0. The molecule has 9 nitrogen and oxygen atoms in total. The molecule has 3 aliphatic rings. The van der Waals surface area contributed by atoms with Crippen LogP contribution < -0.4 is 15.5 Å². The molecule has 0 aliphatic carbocycles. The van der Waals surface area contributed by atoms with Gasteiger partial charge in [-0.15, -0.1) is 0 Å². The van der Waals surface area contributed by atoms with E-state index in [4.69, 9.17) is 0 Å². The maximum absolute atomic E-state index is 15.0. The molecule has 0 bridgehead atoms.